The molecular weight excluding hydrogens is 260 g/mol. The van der Waals surface area contributed by atoms with E-state index in [-0.39, 0.29) is 5.91 Å². The van der Waals surface area contributed by atoms with Gasteiger partial charge < -0.3 is 10.2 Å². The first-order chi connectivity index (χ1) is 10.3. The van der Waals surface area contributed by atoms with Gasteiger partial charge in [-0.1, -0.05) is 44.2 Å². The summed E-state index contributed by atoms with van der Waals surface area (Å²) in [4.78, 5) is 14.0. The second-order valence-electron chi connectivity index (χ2n) is 6.35. The molecule has 1 heterocycles. The SMILES string of the molecule is O=C1CCCN1c1ccccc1NC1CCCCCCC1. The van der Waals surface area contributed by atoms with Gasteiger partial charge in [-0.2, -0.15) is 0 Å². The van der Waals surface area contributed by atoms with Gasteiger partial charge >= 0.3 is 0 Å². The predicted octanol–water partition coefficient (Wildman–Crippen LogP) is 4.34. The van der Waals surface area contributed by atoms with Gasteiger partial charge in [0.15, 0.2) is 0 Å². The first kappa shape index (κ1) is 14.4. The fraction of sp³-hybridized carbons (Fsp3) is 0.611. The Kier molecular flexibility index (Phi) is 4.79. The summed E-state index contributed by atoms with van der Waals surface area (Å²) in [6, 6.07) is 8.86. The number of amides is 1. The zero-order chi connectivity index (χ0) is 14.5. The molecule has 1 aromatic carbocycles. The van der Waals surface area contributed by atoms with Crippen molar-refractivity contribution in [3.05, 3.63) is 24.3 Å². The summed E-state index contributed by atoms with van der Waals surface area (Å²) in [6.07, 6.45) is 10.9. The second-order valence-corrected chi connectivity index (χ2v) is 6.35. The third-order valence-electron chi connectivity index (χ3n) is 4.73. The number of nitrogens with one attached hydrogen (secondary N) is 1. The lowest BCUT2D eigenvalue weighted by atomic mass is 9.96. The first-order valence-electron chi connectivity index (χ1n) is 8.50. The maximum atomic E-state index is 12.0. The van der Waals surface area contributed by atoms with Gasteiger partial charge in [0.05, 0.1) is 11.4 Å². The highest BCUT2D eigenvalue weighted by Gasteiger charge is 2.24. The minimum atomic E-state index is 0.266. The molecule has 1 N–H and O–H groups in total. The maximum Gasteiger partial charge on any atom is 0.227 e. The number of nitrogens with zero attached hydrogens (tertiary/aromatic N) is 1. The quantitative estimate of drug-likeness (QED) is 0.896. The van der Waals surface area contributed by atoms with E-state index >= 15 is 0 Å². The number of carbonyl (C=O) groups excluding carboxylic acids is 1. The van der Waals surface area contributed by atoms with Crippen LogP contribution in [0.15, 0.2) is 24.3 Å². The number of anilines is 2. The molecule has 1 aromatic rings. The van der Waals surface area contributed by atoms with E-state index in [2.05, 4.69) is 23.5 Å². The van der Waals surface area contributed by atoms with Crippen LogP contribution in [0.2, 0.25) is 0 Å². The third-order valence-corrected chi connectivity index (χ3v) is 4.73. The van der Waals surface area contributed by atoms with Crippen LogP contribution in [0.1, 0.15) is 57.8 Å². The van der Waals surface area contributed by atoms with Gasteiger partial charge in [0.1, 0.15) is 0 Å². The van der Waals surface area contributed by atoms with Crippen molar-refractivity contribution in [1.29, 1.82) is 0 Å². The molecule has 3 rings (SSSR count). The highest BCUT2D eigenvalue weighted by Crippen LogP contribution is 2.31. The minimum absolute atomic E-state index is 0.266. The molecule has 0 aromatic heterocycles. The number of rotatable bonds is 3. The van der Waals surface area contributed by atoms with E-state index < -0.39 is 0 Å². The fourth-order valence-corrected chi connectivity index (χ4v) is 3.55. The summed E-state index contributed by atoms with van der Waals surface area (Å²) >= 11 is 0. The fourth-order valence-electron chi connectivity index (χ4n) is 3.55. The number of hydrogen-bond donors (Lipinski definition) is 1. The van der Waals surface area contributed by atoms with Gasteiger partial charge in [0, 0.05) is 19.0 Å². The van der Waals surface area contributed by atoms with E-state index in [4.69, 9.17) is 0 Å². The Labute approximate surface area is 127 Å². The van der Waals surface area contributed by atoms with Crippen molar-refractivity contribution < 1.29 is 4.79 Å². The predicted molar refractivity (Wildman–Crippen MR) is 87.8 cm³/mol. The molecule has 3 heteroatoms. The maximum absolute atomic E-state index is 12.0. The molecule has 0 atom stereocenters. The molecule has 1 saturated heterocycles. The summed E-state index contributed by atoms with van der Waals surface area (Å²) in [6.45, 7) is 0.863. The Hall–Kier alpha value is -1.51. The molecule has 3 nitrogen and oxygen atoms in total. The van der Waals surface area contributed by atoms with Crippen LogP contribution in [-0.4, -0.2) is 18.5 Å². The van der Waals surface area contributed by atoms with E-state index in [1.807, 2.05) is 11.0 Å². The molecule has 1 amide bonds. The molecule has 1 aliphatic heterocycles. The van der Waals surface area contributed by atoms with Crippen molar-refractivity contribution in [3.8, 4) is 0 Å². The van der Waals surface area contributed by atoms with Crippen LogP contribution in [0.25, 0.3) is 0 Å². The standard InChI is InChI=1S/C18H26N2O/c21-18-13-8-14-20(18)17-12-7-6-11-16(17)19-15-9-4-2-1-3-5-10-15/h6-7,11-12,15,19H,1-5,8-10,13-14H2. The molecule has 1 aliphatic carbocycles. The number of benzene rings is 1. The molecule has 0 spiro atoms. The third kappa shape index (κ3) is 3.58. The van der Waals surface area contributed by atoms with Crippen LogP contribution < -0.4 is 10.2 Å². The summed E-state index contributed by atoms with van der Waals surface area (Å²) in [5, 5.41) is 3.72. The van der Waals surface area contributed by atoms with E-state index in [1.54, 1.807) is 0 Å². The lowest BCUT2D eigenvalue weighted by Gasteiger charge is -2.26. The average molecular weight is 286 g/mol. The van der Waals surface area contributed by atoms with Gasteiger partial charge in [0.25, 0.3) is 0 Å². The van der Waals surface area contributed by atoms with Crippen LogP contribution in [0.3, 0.4) is 0 Å². The van der Waals surface area contributed by atoms with Crippen LogP contribution >= 0.6 is 0 Å². The van der Waals surface area contributed by atoms with Crippen molar-refractivity contribution >= 4 is 17.3 Å². The lowest BCUT2D eigenvalue weighted by molar-refractivity contribution is -0.117. The van der Waals surface area contributed by atoms with Crippen molar-refractivity contribution in [2.24, 2.45) is 0 Å². The number of carbonyl (C=O) groups is 1. The normalized spacial score (nSPS) is 21.1. The Morgan fingerprint density at radius 1 is 0.952 bits per heavy atom. The molecule has 21 heavy (non-hydrogen) atoms. The van der Waals surface area contributed by atoms with Gasteiger partial charge in [-0.15, -0.1) is 0 Å². The Balaban J connectivity index is 1.73. The van der Waals surface area contributed by atoms with Crippen LogP contribution in [0.5, 0.6) is 0 Å². The summed E-state index contributed by atoms with van der Waals surface area (Å²) in [5.74, 6) is 0.266. The molecule has 0 unspecified atom stereocenters. The van der Waals surface area contributed by atoms with E-state index in [0.29, 0.717) is 12.5 Å². The molecule has 2 aliphatic rings. The molecule has 114 valence electrons. The monoisotopic (exact) mass is 286 g/mol. The summed E-state index contributed by atoms with van der Waals surface area (Å²) in [5.41, 5.74) is 2.21. The van der Waals surface area contributed by atoms with Crippen LogP contribution in [0.4, 0.5) is 11.4 Å². The van der Waals surface area contributed by atoms with Gasteiger partial charge in [-0.05, 0) is 31.4 Å². The van der Waals surface area contributed by atoms with Crippen molar-refractivity contribution in [2.75, 3.05) is 16.8 Å². The van der Waals surface area contributed by atoms with Gasteiger partial charge in [0.2, 0.25) is 5.91 Å². The number of hydrogen-bond acceptors (Lipinski definition) is 2. The van der Waals surface area contributed by atoms with E-state index in [9.17, 15) is 4.79 Å². The largest absolute Gasteiger partial charge is 0.381 e. The van der Waals surface area contributed by atoms with Crippen LogP contribution in [0, 0.1) is 0 Å². The topological polar surface area (TPSA) is 32.3 Å². The summed E-state index contributed by atoms with van der Waals surface area (Å²) in [7, 11) is 0. The highest BCUT2D eigenvalue weighted by atomic mass is 16.2. The van der Waals surface area contributed by atoms with Crippen LogP contribution in [-0.2, 0) is 4.79 Å². The summed E-state index contributed by atoms with van der Waals surface area (Å²) < 4.78 is 0. The Bertz CT molecular complexity index is 478. The van der Waals surface area contributed by atoms with E-state index in [0.717, 1.165) is 24.3 Å². The molecule has 0 radical (unpaired) electrons. The highest BCUT2D eigenvalue weighted by molar-refractivity contribution is 5.98. The molecule has 0 bridgehead atoms. The molecular formula is C18H26N2O. The lowest BCUT2D eigenvalue weighted by Crippen LogP contribution is -2.27. The van der Waals surface area contributed by atoms with Gasteiger partial charge in [-0.3, -0.25) is 4.79 Å². The molecule has 1 saturated carbocycles. The second kappa shape index (κ2) is 6.97. The first-order valence-corrected chi connectivity index (χ1v) is 8.50. The average Bonchev–Trinajstić information content (AvgIpc) is 2.88. The van der Waals surface area contributed by atoms with Crippen molar-refractivity contribution in [1.82, 2.24) is 0 Å². The molecule has 2 fully saturated rings. The minimum Gasteiger partial charge on any atom is -0.381 e. The van der Waals surface area contributed by atoms with Gasteiger partial charge in [-0.25, -0.2) is 0 Å². The zero-order valence-electron chi connectivity index (χ0n) is 12.8. The van der Waals surface area contributed by atoms with Crippen molar-refractivity contribution in [2.45, 2.75) is 63.8 Å². The van der Waals surface area contributed by atoms with E-state index in [1.165, 1.54) is 44.9 Å². The van der Waals surface area contributed by atoms with Crippen molar-refractivity contribution in [3.63, 3.8) is 0 Å². The smallest absolute Gasteiger partial charge is 0.227 e. The zero-order valence-corrected chi connectivity index (χ0v) is 12.8. The Morgan fingerprint density at radius 3 is 2.38 bits per heavy atom. The number of para-hydroxylation sites is 2. The Morgan fingerprint density at radius 2 is 1.67 bits per heavy atom.